The summed E-state index contributed by atoms with van der Waals surface area (Å²) in [5.41, 5.74) is 5.78. The molecule has 180 valence electrons. The van der Waals surface area contributed by atoms with Crippen molar-refractivity contribution in [1.82, 2.24) is 14.7 Å². The first kappa shape index (κ1) is 23.1. The molecule has 34 heavy (non-hydrogen) atoms. The Hall–Kier alpha value is -2.67. The maximum absolute atomic E-state index is 13.3. The first-order valence-corrected chi connectivity index (χ1v) is 12.6. The minimum atomic E-state index is -0.594. The maximum atomic E-state index is 13.3. The molecule has 3 aliphatic heterocycles. The molecule has 1 amide bonds. The van der Waals surface area contributed by atoms with Crippen LogP contribution in [0.3, 0.4) is 0 Å². The van der Waals surface area contributed by atoms with Gasteiger partial charge in [-0.3, -0.25) is 14.6 Å². The minimum Gasteiger partial charge on any atom is -0.491 e. The molecule has 0 aliphatic carbocycles. The third kappa shape index (κ3) is 5.04. The van der Waals surface area contributed by atoms with Gasteiger partial charge in [-0.25, -0.2) is 0 Å². The lowest BCUT2D eigenvalue weighted by molar-refractivity contribution is 0.0501. The van der Waals surface area contributed by atoms with Gasteiger partial charge in [-0.1, -0.05) is 43.3 Å². The Morgan fingerprint density at radius 2 is 1.82 bits per heavy atom. The van der Waals surface area contributed by atoms with Gasteiger partial charge in [0.05, 0.1) is 18.2 Å². The van der Waals surface area contributed by atoms with E-state index in [1.165, 1.54) is 16.7 Å². The van der Waals surface area contributed by atoms with Crippen LogP contribution in [0.25, 0.3) is 5.57 Å². The molecule has 1 N–H and O–H groups in total. The standard InChI is InChI=1S/C28H35N3O3/c1-2-29-12-9-22(10-13-29)23-7-8-26-27(17-23)34-16-15-31(28(26)33)20-25(32)19-30-14-11-21-5-3-4-6-24(21)18-30/h3-9,17,25,32H,2,10-16,18-20H2,1H3. The fourth-order valence-electron chi connectivity index (χ4n) is 5.31. The number of fused-ring (bicyclic) bond motifs is 2. The molecule has 0 fully saturated rings. The zero-order chi connectivity index (χ0) is 23.5. The molecule has 6 nitrogen and oxygen atoms in total. The number of amides is 1. The number of ether oxygens (including phenoxy) is 1. The van der Waals surface area contributed by atoms with E-state index in [-0.39, 0.29) is 5.91 Å². The quantitative estimate of drug-likeness (QED) is 0.717. The van der Waals surface area contributed by atoms with Crippen molar-refractivity contribution >= 4 is 11.5 Å². The summed E-state index contributed by atoms with van der Waals surface area (Å²) in [6, 6.07) is 14.5. The number of benzene rings is 2. The van der Waals surface area contributed by atoms with Crippen LogP contribution in [0, 0.1) is 0 Å². The van der Waals surface area contributed by atoms with E-state index in [1.54, 1.807) is 4.90 Å². The number of nitrogens with zero attached hydrogens (tertiary/aromatic N) is 3. The van der Waals surface area contributed by atoms with Crippen molar-refractivity contribution in [2.45, 2.75) is 32.4 Å². The molecule has 0 bridgehead atoms. The lowest BCUT2D eigenvalue weighted by Crippen LogP contribution is -2.44. The van der Waals surface area contributed by atoms with Crippen LogP contribution in [0.2, 0.25) is 0 Å². The number of rotatable bonds is 6. The molecular formula is C28H35N3O3. The van der Waals surface area contributed by atoms with Crippen molar-refractivity contribution in [3.63, 3.8) is 0 Å². The molecule has 2 aromatic rings. The molecule has 1 atom stereocenters. The molecule has 3 heterocycles. The molecule has 0 saturated carbocycles. The molecule has 0 spiro atoms. The highest BCUT2D eigenvalue weighted by atomic mass is 16.5. The van der Waals surface area contributed by atoms with Gasteiger partial charge in [0.25, 0.3) is 5.91 Å². The molecule has 5 rings (SSSR count). The summed E-state index contributed by atoms with van der Waals surface area (Å²) < 4.78 is 6.00. The van der Waals surface area contributed by atoms with E-state index in [4.69, 9.17) is 4.74 Å². The van der Waals surface area contributed by atoms with Gasteiger partial charge in [0, 0.05) is 39.3 Å². The lowest BCUT2D eigenvalue weighted by atomic mass is 9.97. The predicted molar refractivity (Wildman–Crippen MR) is 134 cm³/mol. The summed E-state index contributed by atoms with van der Waals surface area (Å²) in [5.74, 6) is 0.600. The highest BCUT2D eigenvalue weighted by Crippen LogP contribution is 2.30. The van der Waals surface area contributed by atoms with Crippen molar-refractivity contribution < 1.29 is 14.6 Å². The Kier molecular flexibility index (Phi) is 6.99. The van der Waals surface area contributed by atoms with Gasteiger partial charge in [0.15, 0.2) is 0 Å². The van der Waals surface area contributed by atoms with E-state index in [2.05, 4.69) is 47.1 Å². The van der Waals surface area contributed by atoms with Crippen LogP contribution in [-0.4, -0.2) is 84.2 Å². The lowest BCUT2D eigenvalue weighted by Gasteiger charge is -2.32. The molecule has 3 aliphatic rings. The van der Waals surface area contributed by atoms with E-state index in [9.17, 15) is 9.90 Å². The summed E-state index contributed by atoms with van der Waals surface area (Å²) in [4.78, 5) is 19.7. The normalized spacial score (nSPS) is 20.1. The minimum absolute atomic E-state index is 0.0585. The number of carbonyl (C=O) groups excluding carboxylic acids is 1. The first-order chi connectivity index (χ1) is 16.6. The van der Waals surface area contributed by atoms with Crippen molar-refractivity contribution in [1.29, 1.82) is 0 Å². The first-order valence-electron chi connectivity index (χ1n) is 12.6. The van der Waals surface area contributed by atoms with Crippen LogP contribution < -0.4 is 4.74 Å². The van der Waals surface area contributed by atoms with Gasteiger partial charge in [0.2, 0.25) is 0 Å². The van der Waals surface area contributed by atoms with Crippen LogP contribution >= 0.6 is 0 Å². The van der Waals surface area contributed by atoms with Crippen LogP contribution in [-0.2, 0) is 13.0 Å². The molecule has 2 aromatic carbocycles. The third-order valence-electron chi connectivity index (χ3n) is 7.34. The second kappa shape index (κ2) is 10.3. The number of aliphatic hydroxyl groups is 1. The summed E-state index contributed by atoms with van der Waals surface area (Å²) in [7, 11) is 0. The van der Waals surface area contributed by atoms with Crippen molar-refractivity contribution in [3.05, 3.63) is 70.8 Å². The van der Waals surface area contributed by atoms with Gasteiger partial charge < -0.3 is 14.7 Å². The summed E-state index contributed by atoms with van der Waals surface area (Å²) in [6.45, 7) is 8.88. The highest BCUT2D eigenvalue weighted by molar-refractivity contribution is 5.97. The predicted octanol–water partition coefficient (Wildman–Crippen LogP) is 3.05. The van der Waals surface area contributed by atoms with Crippen molar-refractivity contribution in [2.24, 2.45) is 0 Å². The maximum Gasteiger partial charge on any atom is 0.257 e. The second-order valence-electron chi connectivity index (χ2n) is 9.59. The molecule has 0 radical (unpaired) electrons. The SMILES string of the molecule is CCN1CC=C(c2ccc3c(c2)OCCN(CC(O)CN2CCc4ccccc4C2)C3=O)CC1. The monoisotopic (exact) mass is 461 g/mol. The van der Waals surface area contributed by atoms with Crippen LogP contribution in [0.4, 0.5) is 0 Å². The molecule has 6 heteroatoms. The van der Waals surface area contributed by atoms with E-state index >= 15 is 0 Å². The smallest absolute Gasteiger partial charge is 0.257 e. The van der Waals surface area contributed by atoms with Gasteiger partial charge in [-0.2, -0.15) is 0 Å². The number of hydrogen-bond donors (Lipinski definition) is 1. The van der Waals surface area contributed by atoms with Gasteiger partial charge >= 0.3 is 0 Å². The average Bonchev–Trinajstić information content (AvgIpc) is 3.02. The fourth-order valence-corrected chi connectivity index (χ4v) is 5.31. The Balaban J connectivity index is 1.22. The van der Waals surface area contributed by atoms with Crippen LogP contribution in [0.15, 0.2) is 48.5 Å². The number of aliphatic hydroxyl groups excluding tert-OH is 1. The Morgan fingerprint density at radius 3 is 2.62 bits per heavy atom. The van der Waals surface area contributed by atoms with E-state index in [0.29, 0.717) is 37.6 Å². The van der Waals surface area contributed by atoms with E-state index in [0.717, 1.165) is 51.1 Å². The molecule has 0 aromatic heterocycles. The number of carbonyl (C=O) groups is 1. The van der Waals surface area contributed by atoms with E-state index < -0.39 is 6.10 Å². The third-order valence-corrected chi connectivity index (χ3v) is 7.34. The summed E-state index contributed by atoms with van der Waals surface area (Å²) in [5, 5.41) is 10.8. The zero-order valence-corrected chi connectivity index (χ0v) is 20.1. The molecular weight excluding hydrogens is 426 g/mol. The topological polar surface area (TPSA) is 56.2 Å². The Bertz CT molecular complexity index is 1070. The summed E-state index contributed by atoms with van der Waals surface area (Å²) >= 11 is 0. The Morgan fingerprint density at radius 1 is 1.00 bits per heavy atom. The fraction of sp³-hybridized carbons (Fsp3) is 0.464. The van der Waals surface area contributed by atoms with E-state index in [1.807, 2.05) is 18.2 Å². The number of hydrogen-bond acceptors (Lipinski definition) is 5. The second-order valence-corrected chi connectivity index (χ2v) is 9.59. The van der Waals surface area contributed by atoms with Gasteiger partial charge in [-0.05, 0) is 53.8 Å². The highest BCUT2D eigenvalue weighted by Gasteiger charge is 2.27. The van der Waals surface area contributed by atoms with Crippen LogP contribution in [0.5, 0.6) is 5.75 Å². The largest absolute Gasteiger partial charge is 0.491 e. The number of likely N-dealkylation sites (N-methyl/N-ethyl adjacent to an activating group) is 1. The van der Waals surface area contributed by atoms with Crippen LogP contribution in [0.1, 0.15) is 40.4 Å². The van der Waals surface area contributed by atoms with Crippen molar-refractivity contribution in [3.8, 4) is 5.75 Å². The zero-order valence-electron chi connectivity index (χ0n) is 20.1. The molecule has 1 unspecified atom stereocenters. The Labute approximate surface area is 202 Å². The average molecular weight is 462 g/mol. The summed E-state index contributed by atoms with van der Waals surface area (Å²) in [6.07, 6.45) is 3.71. The van der Waals surface area contributed by atoms with Gasteiger partial charge in [0.1, 0.15) is 12.4 Å². The van der Waals surface area contributed by atoms with Crippen molar-refractivity contribution in [2.75, 3.05) is 52.4 Å². The number of β-amino-alcohol motifs (C(OH)–C–C–N with tert-alkyl or cyclic N) is 1. The molecule has 0 saturated heterocycles. The van der Waals surface area contributed by atoms with Gasteiger partial charge in [-0.15, -0.1) is 0 Å².